The van der Waals surface area contributed by atoms with Gasteiger partial charge in [-0.25, -0.2) is 27.8 Å². The molecule has 0 unspecified atom stereocenters. The van der Waals surface area contributed by atoms with Crippen LogP contribution in [-0.4, -0.2) is 42.7 Å². The van der Waals surface area contributed by atoms with E-state index < -0.39 is 15.7 Å². The Morgan fingerprint density at radius 3 is 2.55 bits per heavy atom. The Bertz CT molecular complexity index is 1190. The summed E-state index contributed by atoms with van der Waals surface area (Å²) in [6, 6.07) is 4.02. The molecule has 4 rings (SSSR count). The molecule has 0 bridgehead atoms. The molecule has 0 atom stereocenters. The molecule has 1 aliphatic rings. The van der Waals surface area contributed by atoms with Gasteiger partial charge in [-0.3, -0.25) is 0 Å². The molecule has 1 N–H and O–H groups in total. The predicted octanol–water partition coefficient (Wildman–Crippen LogP) is 3.71. The molecule has 0 aliphatic carbocycles. The van der Waals surface area contributed by atoms with Gasteiger partial charge in [0.05, 0.1) is 15.6 Å². The van der Waals surface area contributed by atoms with Crippen molar-refractivity contribution in [2.45, 2.75) is 50.1 Å². The molecule has 3 heterocycles. The van der Waals surface area contributed by atoms with Crippen LogP contribution in [0.2, 0.25) is 0 Å². The number of rotatable bonds is 8. The standard InChI is InChI=1S/C23H28FN5O2S2/c1-3-16-11-26-23(27-12-16)29-8-6-17(7-9-29)22-28-19(15-32-22)14-25-13-18-4-5-20(10-21(18)24)33(2,30)31/h4-5,10-12,15,17,25H,3,6-9,13-14H2,1-2H3. The summed E-state index contributed by atoms with van der Waals surface area (Å²) in [5.41, 5.74) is 2.51. The van der Waals surface area contributed by atoms with Crippen LogP contribution in [0.5, 0.6) is 0 Å². The highest BCUT2D eigenvalue weighted by Gasteiger charge is 2.24. The van der Waals surface area contributed by atoms with Gasteiger partial charge in [0.15, 0.2) is 9.84 Å². The van der Waals surface area contributed by atoms with Crippen LogP contribution in [-0.2, 0) is 29.3 Å². The molecule has 176 valence electrons. The minimum absolute atomic E-state index is 0.0107. The number of aromatic nitrogens is 3. The Hall–Kier alpha value is -2.43. The van der Waals surface area contributed by atoms with E-state index in [-0.39, 0.29) is 4.90 Å². The van der Waals surface area contributed by atoms with Crippen LogP contribution in [0.15, 0.2) is 40.9 Å². The maximum absolute atomic E-state index is 14.2. The molecule has 3 aromatic rings. The summed E-state index contributed by atoms with van der Waals surface area (Å²) < 4.78 is 37.3. The molecular formula is C23H28FN5O2S2. The lowest BCUT2D eigenvalue weighted by Gasteiger charge is -2.31. The Labute approximate surface area is 198 Å². The molecule has 0 amide bonds. The van der Waals surface area contributed by atoms with E-state index in [1.165, 1.54) is 12.1 Å². The average Bonchev–Trinajstić information content (AvgIpc) is 3.28. The van der Waals surface area contributed by atoms with Crippen molar-refractivity contribution in [2.24, 2.45) is 0 Å². The number of nitrogens with zero attached hydrogens (tertiary/aromatic N) is 4. The molecule has 1 saturated heterocycles. The third kappa shape index (κ3) is 5.93. The number of aryl methyl sites for hydroxylation is 1. The fourth-order valence-electron chi connectivity index (χ4n) is 3.84. The van der Waals surface area contributed by atoms with Crippen LogP contribution in [0, 0.1) is 5.82 Å². The van der Waals surface area contributed by atoms with Crippen molar-refractivity contribution in [1.29, 1.82) is 0 Å². The summed E-state index contributed by atoms with van der Waals surface area (Å²) >= 11 is 1.67. The molecule has 1 fully saturated rings. The smallest absolute Gasteiger partial charge is 0.225 e. The van der Waals surface area contributed by atoms with Crippen LogP contribution in [0.1, 0.15) is 47.5 Å². The van der Waals surface area contributed by atoms with E-state index in [0.717, 1.165) is 66.9 Å². The van der Waals surface area contributed by atoms with E-state index >= 15 is 0 Å². The van der Waals surface area contributed by atoms with Crippen molar-refractivity contribution in [2.75, 3.05) is 24.2 Å². The number of benzene rings is 1. The summed E-state index contributed by atoms with van der Waals surface area (Å²) in [5, 5.41) is 6.38. The highest BCUT2D eigenvalue weighted by Crippen LogP contribution is 2.31. The lowest BCUT2D eigenvalue weighted by molar-refractivity contribution is 0.496. The number of piperidine rings is 1. The minimum Gasteiger partial charge on any atom is -0.341 e. The third-order valence-corrected chi connectivity index (χ3v) is 8.04. The molecule has 1 aliphatic heterocycles. The summed E-state index contributed by atoms with van der Waals surface area (Å²) in [6.45, 7) is 4.74. The first-order chi connectivity index (χ1) is 15.8. The summed E-state index contributed by atoms with van der Waals surface area (Å²) in [5.74, 6) is 0.701. The number of nitrogens with one attached hydrogen (secondary N) is 1. The van der Waals surface area contributed by atoms with Gasteiger partial charge in [0.25, 0.3) is 0 Å². The number of hydrogen-bond acceptors (Lipinski definition) is 8. The SMILES string of the molecule is CCc1cnc(N2CCC(c3nc(CNCc4ccc(S(C)(=O)=O)cc4F)cs3)CC2)nc1. The van der Waals surface area contributed by atoms with Gasteiger partial charge in [-0.1, -0.05) is 13.0 Å². The van der Waals surface area contributed by atoms with Crippen LogP contribution >= 0.6 is 11.3 Å². The summed E-state index contributed by atoms with van der Waals surface area (Å²) in [4.78, 5) is 16.0. The Balaban J connectivity index is 1.27. The van der Waals surface area contributed by atoms with E-state index in [1.807, 2.05) is 17.8 Å². The van der Waals surface area contributed by atoms with Crippen LogP contribution in [0.4, 0.5) is 10.3 Å². The summed E-state index contributed by atoms with van der Waals surface area (Å²) in [7, 11) is -3.41. The fourth-order valence-corrected chi connectivity index (χ4v) is 5.46. The Morgan fingerprint density at radius 1 is 1.18 bits per heavy atom. The van der Waals surface area contributed by atoms with E-state index in [1.54, 1.807) is 11.3 Å². The number of sulfone groups is 1. The Kier molecular flexibility index (Phi) is 7.35. The second-order valence-corrected chi connectivity index (χ2v) is 11.2. The maximum Gasteiger partial charge on any atom is 0.225 e. The summed E-state index contributed by atoms with van der Waals surface area (Å²) in [6.07, 6.45) is 7.84. The molecule has 33 heavy (non-hydrogen) atoms. The minimum atomic E-state index is -3.41. The fraction of sp³-hybridized carbons (Fsp3) is 0.435. The lowest BCUT2D eigenvalue weighted by atomic mass is 9.98. The van der Waals surface area contributed by atoms with Gasteiger partial charge in [0, 0.05) is 61.7 Å². The third-order valence-electron chi connectivity index (χ3n) is 5.87. The topological polar surface area (TPSA) is 88.1 Å². The van der Waals surface area contributed by atoms with Gasteiger partial charge in [0.2, 0.25) is 5.95 Å². The van der Waals surface area contributed by atoms with E-state index in [0.29, 0.717) is 24.6 Å². The van der Waals surface area contributed by atoms with Gasteiger partial charge >= 0.3 is 0 Å². The van der Waals surface area contributed by atoms with Crippen molar-refractivity contribution >= 4 is 27.1 Å². The molecule has 7 nitrogen and oxygen atoms in total. The van der Waals surface area contributed by atoms with Crippen molar-refractivity contribution < 1.29 is 12.8 Å². The molecule has 1 aromatic carbocycles. The number of halogens is 1. The Morgan fingerprint density at radius 2 is 1.91 bits per heavy atom. The second-order valence-electron chi connectivity index (χ2n) is 8.31. The quantitative estimate of drug-likeness (QED) is 0.516. The van der Waals surface area contributed by atoms with Crippen LogP contribution in [0.3, 0.4) is 0 Å². The van der Waals surface area contributed by atoms with Crippen molar-refractivity contribution in [3.05, 3.63) is 63.6 Å². The van der Waals surface area contributed by atoms with Gasteiger partial charge in [0.1, 0.15) is 5.82 Å². The van der Waals surface area contributed by atoms with Gasteiger partial charge in [-0.2, -0.15) is 0 Å². The van der Waals surface area contributed by atoms with Gasteiger partial charge in [-0.15, -0.1) is 11.3 Å². The monoisotopic (exact) mass is 489 g/mol. The first-order valence-corrected chi connectivity index (χ1v) is 13.8. The van der Waals surface area contributed by atoms with Crippen LogP contribution < -0.4 is 10.2 Å². The molecular weight excluding hydrogens is 461 g/mol. The van der Waals surface area contributed by atoms with Gasteiger partial charge in [-0.05, 0) is 37.0 Å². The van der Waals surface area contributed by atoms with Crippen molar-refractivity contribution in [3.63, 3.8) is 0 Å². The largest absolute Gasteiger partial charge is 0.341 e. The zero-order valence-electron chi connectivity index (χ0n) is 18.8. The van der Waals surface area contributed by atoms with Crippen molar-refractivity contribution in [1.82, 2.24) is 20.3 Å². The molecule has 0 saturated carbocycles. The lowest BCUT2D eigenvalue weighted by Crippen LogP contribution is -2.34. The zero-order valence-corrected chi connectivity index (χ0v) is 20.4. The normalized spacial score (nSPS) is 15.2. The number of hydrogen-bond donors (Lipinski definition) is 1. The average molecular weight is 490 g/mol. The molecule has 0 spiro atoms. The van der Waals surface area contributed by atoms with E-state index in [9.17, 15) is 12.8 Å². The van der Waals surface area contributed by atoms with E-state index in [4.69, 9.17) is 4.98 Å². The molecule has 2 aromatic heterocycles. The highest BCUT2D eigenvalue weighted by atomic mass is 32.2. The van der Waals surface area contributed by atoms with E-state index in [2.05, 4.69) is 27.1 Å². The van der Waals surface area contributed by atoms with Crippen molar-refractivity contribution in [3.8, 4) is 0 Å². The maximum atomic E-state index is 14.2. The predicted molar refractivity (Wildman–Crippen MR) is 128 cm³/mol. The zero-order chi connectivity index (χ0) is 23.4. The van der Waals surface area contributed by atoms with Gasteiger partial charge < -0.3 is 10.2 Å². The second kappa shape index (κ2) is 10.2. The number of anilines is 1. The molecule has 10 heteroatoms. The van der Waals surface area contributed by atoms with Crippen LogP contribution in [0.25, 0.3) is 0 Å². The molecule has 0 radical (unpaired) electrons. The first-order valence-electron chi connectivity index (χ1n) is 11.0. The number of thiazole rings is 1. The first kappa shape index (κ1) is 23.7. The highest BCUT2D eigenvalue weighted by molar-refractivity contribution is 7.90.